The first kappa shape index (κ1) is 17.7. The van der Waals surface area contributed by atoms with Crippen molar-refractivity contribution in [3.05, 3.63) is 55.6 Å². The maximum Gasteiger partial charge on any atom is 0.245 e. The van der Waals surface area contributed by atoms with Crippen molar-refractivity contribution in [2.45, 2.75) is 19.3 Å². The summed E-state index contributed by atoms with van der Waals surface area (Å²) in [7, 11) is 0. The number of piperidine rings is 1. The number of nitrogens with two attached hydrogens (primary N) is 1. The second kappa shape index (κ2) is 8.29. The SMILES string of the molecule is C=CC(=O)N1CCCCC1.Nc1cnc2[nH]cc(-c3cccnc3)c2c1.[HH].[HH]. The lowest BCUT2D eigenvalue weighted by Gasteiger charge is -2.25. The summed E-state index contributed by atoms with van der Waals surface area (Å²) in [5.74, 6) is 0.0831. The number of hydrogen-bond acceptors (Lipinski definition) is 4. The van der Waals surface area contributed by atoms with Gasteiger partial charge < -0.3 is 15.6 Å². The molecule has 3 aromatic heterocycles. The number of rotatable bonds is 2. The van der Waals surface area contributed by atoms with Crippen LogP contribution in [-0.4, -0.2) is 38.8 Å². The average Bonchev–Trinajstić information content (AvgIpc) is 3.12. The Bertz CT molecular complexity index is 892. The van der Waals surface area contributed by atoms with Gasteiger partial charge in [-0.1, -0.05) is 12.6 Å². The number of nitrogens with one attached hydrogen (secondary N) is 1. The van der Waals surface area contributed by atoms with Crippen LogP contribution in [0.4, 0.5) is 5.69 Å². The molecule has 1 amide bonds. The van der Waals surface area contributed by atoms with Gasteiger partial charge in [-0.3, -0.25) is 9.78 Å². The number of hydrogen-bond donors (Lipinski definition) is 2. The minimum Gasteiger partial charge on any atom is -0.397 e. The second-order valence-corrected chi connectivity index (χ2v) is 6.20. The summed E-state index contributed by atoms with van der Waals surface area (Å²) in [6, 6.07) is 5.84. The molecule has 1 aliphatic rings. The van der Waals surface area contributed by atoms with Crippen LogP contribution in [0.3, 0.4) is 0 Å². The van der Waals surface area contributed by atoms with Crippen molar-refractivity contribution >= 4 is 22.6 Å². The first-order valence-corrected chi connectivity index (χ1v) is 8.73. The largest absolute Gasteiger partial charge is 0.397 e. The highest BCUT2D eigenvalue weighted by Gasteiger charge is 2.12. The van der Waals surface area contributed by atoms with Gasteiger partial charge in [0.15, 0.2) is 0 Å². The van der Waals surface area contributed by atoms with Crippen LogP contribution >= 0.6 is 0 Å². The second-order valence-electron chi connectivity index (χ2n) is 6.20. The molecule has 0 radical (unpaired) electrons. The third-order valence-corrected chi connectivity index (χ3v) is 4.37. The lowest BCUT2D eigenvalue weighted by atomic mass is 10.1. The number of aromatic nitrogens is 3. The van der Waals surface area contributed by atoms with Gasteiger partial charge in [0.25, 0.3) is 0 Å². The summed E-state index contributed by atoms with van der Waals surface area (Å²) in [5, 5.41) is 1.02. The minimum absolute atomic E-state index is 0. The lowest BCUT2D eigenvalue weighted by molar-refractivity contribution is -0.126. The number of aromatic amines is 1. The van der Waals surface area contributed by atoms with Crippen molar-refractivity contribution in [1.29, 1.82) is 0 Å². The molecule has 0 aromatic carbocycles. The Kier molecular flexibility index (Phi) is 5.63. The topological polar surface area (TPSA) is 87.9 Å². The molecule has 0 atom stereocenters. The smallest absolute Gasteiger partial charge is 0.245 e. The van der Waals surface area contributed by atoms with E-state index in [1.165, 1.54) is 12.5 Å². The highest BCUT2D eigenvalue weighted by molar-refractivity contribution is 5.94. The predicted octanol–water partition coefficient (Wildman–Crippen LogP) is 3.88. The zero-order valence-corrected chi connectivity index (χ0v) is 14.7. The number of pyridine rings is 2. The van der Waals surface area contributed by atoms with E-state index in [1.807, 2.05) is 35.5 Å². The van der Waals surface area contributed by atoms with Crippen LogP contribution < -0.4 is 5.73 Å². The molecule has 4 heterocycles. The van der Waals surface area contributed by atoms with E-state index in [2.05, 4.69) is 21.5 Å². The number of anilines is 1. The molecule has 6 heteroatoms. The molecular formula is C20H27N5O. The third kappa shape index (κ3) is 4.08. The van der Waals surface area contributed by atoms with Gasteiger partial charge in [0.05, 0.1) is 11.9 Å². The molecule has 6 nitrogen and oxygen atoms in total. The van der Waals surface area contributed by atoms with Crippen LogP contribution in [0.1, 0.15) is 22.1 Å². The fourth-order valence-electron chi connectivity index (χ4n) is 3.02. The highest BCUT2D eigenvalue weighted by atomic mass is 16.2. The molecule has 0 bridgehead atoms. The van der Waals surface area contributed by atoms with Gasteiger partial charge in [0, 0.05) is 51.0 Å². The minimum atomic E-state index is 0. The lowest BCUT2D eigenvalue weighted by Crippen LogP contribution is -2.34. The van der Waals surface area contributed by atoms with Crippen molar-refractivity contribution in [3.63, 3.8) is 0 Å². The summed E-state index contributed by atoms with van der Waals surface area (Å²) in [6.45, 7) is 5.29. The summed E-state index contributed by atoms with van der Waals surface area (Å²) in [4.78, 5) is 24.3. The first-order chi connectivity index (χ1) is 12.7. The first-order valence-electron chi connectivity index (χ1n) is 8.73. The molecule has 0 unspecified atom stereocenters. The van der Waals surface area contributed by atoms with E-state index in [-0.39, 0.29) is 8.76 Å². The summed E-state index contributed by atoms with van der Waals surface area (Å²) < 4.78 is 0. The quantitative estimate of drug-likeness (QED) is 0.684. The number of likely N-dealkylation sites (tertiary alicyclic amines) is 1. The molecule has 0 spiro atoms. The summed E-state index contributed by atoms with van der Waals surface area (Å²) in [6.07, 6.45) is 12.1. The van der Waals surface area contributed by atoms with Gasteiger partial charge in [-0.2, -0.15) is 0 Å². The Morgan fingerprint density at radius 2 is 2.12 bits per heavy atom. The van der Waals surface area contributed by atoms with Gasteiger partial charge in [-0.15, -0.1) is 0 Å². The Labute approximate surface area is 155 Å². The maximum absolute atomic E-state index is 11.0. The highest BCUT2D eigenvalue weighted by Crippen LogP contribution is 2.27. The third-order valence-electron chi connectivity index (χ3n) is 4.37. The van der Waals surface area contributed by atoms with E-state index in [9.17, 15) is 4.79 Å². The molecule has 4 rings (SSSR count). The van der Waals surface area contributed by atoms with E-state index >= 15 is 0 Å². The summed E-state index contributed by atoms with van der Waals surface area (Å²) >= 11 is 0. The molecule has 1 saturated heterocycles. The van der Waals surface area contributed by atoms with Crippen molar-refractivity contribution < 1.29 is 7.65 Å². The zero-order chi connectivity index (χ0) is 18.4. The van der Waals surface area contributed by atoms with Crippen LogP contribution in [0.15, 0.2) is 55.6 Å². The predicted molar refractivity (Wildman–Crippen MR) is 109 cm³/mol. The van der Waals surface area contributed by atoms with Crippen LogP contribution in [0.25, 0.3) is 22.2 Å². The number of fused-ring (bicyclic) bond motifs is 1. The van der Waals surface area contributed by atoms with Gasteiger partial charge in [-0.25, -0.2) is 4.98 Å². The number of amides is 1. The maximum atomic E-state index is 11.0. The Balaban J connectivity index is 0.000000288. The molecule has 0 aliphatic carbocycles. The van der Waals surface area contributed by atoms with Crippen molar-refractivity contribution in [2.24, 2.45) is 0 Å². The van der Waals surface area contributed by atoms with Crippen LogP contribution in [-0.2, 0) is 4.79 Å². The van der Waals surface area contributed by atoms with Gasteiger partial charge >= 0.3 is 0 Å². The number of nitrogen functional groups attached to an aromatic ring is 1. The molecule has 3 N–H and O–H groups in total. The molecule has 26 heavy (non-hydrogen) atoms. The molecule has 1 aliphatic heterocycles. The van der Waals surface area contributed by atoms with Gasteiger partial charge in [0.1, 0.15) is 5.65 Å². The Hall–Kier alpha value is -3.15. The van der Waals surface area contributed by atoms with E-state index in [0.717, 1.165) is 48.1 Å². The number of nitrogens with zero attached hydrogens (tertiary/aromatic N) is 3. The van der Waals surface area contributed by atoms with E-state index in [1.54, 1.807) is 12.4 Å². The zero-order valence-electron chi connectivity index (χ0n) is 14.7. The van der Waals surface area contributed by atoms with E-state index in [0.29, 0.717) is 5.69 Å². The van der Waals surface area contributed by atoms with E-state index < -0.39 is 0 Å². The number of carbonyl (C=O) groups is 1. The van der Waals surface area contributed by atoms with Crippen molar-refractivity contribution in [2.75, 3.05) is 18.8 Å². The number of H-pyrrole nitrogens is 1. The Morgan fingerprint density at radius 3 is 2.81 bits per heavy atom. The average molecular weight is 353 g/mol. The van der Waals surface area contributed by atoms with Crippen LogP contribution in [0.5, 0.6) is 0 Å². The standard InChI is InChI=1S/C12H10N4.C8H13NO.2H2/c13-9-4-10-11(7-16-12(10)15-6-9)8-2-1-3-14-5-8;1-2-8(10)9-6-4-3-5-7-9;;/h1-7H,13H2,(H,15,16);2H,1,3-7H2;2*1H. The number of carbonyl (C=O) groups excluding carboxylic acids is 1. The monoisotopic (exact) mass is 353 g/mol. The van der Waals surface area contributed by atoms with Crippen molar-refractivity contribution in [1.82, 2.24) is 19.9 Å². The normalized spacial score (nSPS) is 13.8. The van der Waals surface area contributed by atoms with E-state index in [4.69, 9.17) is 5.73 Å². The molecule has 0 saturated carbocycles. The van der Waals surface area contributed by atoms with Crippen LogP contribution in [0, 0.1) is 0 Å². The Morgan fingerprint density at radius 1 is 1.31 bits per heavy atom. The van der Waals surface area contributed by atoms with Crippen molar-refractivity contribution in [3.8, 4) is 11.1 Å². The molecule has 138 valence electrons. The summed E-state index contributed by atoms with van der Waals surface area (Å²) in [5.41, 5.74) is 9.37. The fourth-order valence-corrected chi connectivity index (χ4v) is 3.02. The molecule has 1 fully saturated rings. The molecular weight excluding hydrogens is 326 g/mol. The molecule has 3 aromatic rings. The van der Waals surface area contributed by atoms with Gasteiger partial charge in [0.2, 0.25) is 5.91 Å². The van der Waals surface area contributed by atoms with Crippen LogP contribution in [0.2, 0.25) is 0 Å². The fraction of sp³-hybridized carbons (Fsp3) is 0.250. The van der Waals surface area contributed by atoms with Gasteiger partial charge in [-0.05, 0) is 37.5 Å².